The third-order valence-electron chi connectivity index (χ3n) is 2.13. The first-order valence-electron chi connectivity index (χ1n) is 4.46. The number of nitrogens with zero attached hydrogens (tertiary/aromatic N) is 3. The van der Waals surface area contributed by atoms with Gasteiger partial charge in [0.05, 0.1) is 40.2 Å². The van der Waals surface area contributed by atoms with Gasteiger partial charge in [0.25, 0.3) is 5.69 Å². The molecule has 0 bridgehead atoms. The molecule has 0 amide bonds. The van der Waals surface area contributed by atoms with Gasteiger partial charge in [-0.3, -0.25) is 10.1 Å². The normalized spacial score (nSPS) is 10.5. The van der Waals surface area contributed by atoms with E-state index >= 15 is 0 Å². The summed E-state index contributed by atoms with van der Waals surface area (Å²) in [7, 11) is 0. The number of hydrogen-bond donors (Lipinski definition) is 0. The van der Waals surface area contributed by atoms with E-state index in [-0.39, 0.29) is 5.56 Å². The maximum absolute atomic E-state index is 12.5. The predicted octanol–water partition coefficient (Wildman–Crippen LogP) is 2.55. The van der Waals surface area contributed by atoms with E-state index in [0.29, 0.717) is 12.1 Å². The molecule has 0 aliphatic heterocycles. The zero-order chi connectivity index (χ0) is 13.9. The molecule has 0 aliphatic carbocycles. The molecule has 0 radical (unpaired) electrons. The molecular formula is C10H4F3N3O2. The smallest absolute Gasteiger partial charge is 0.258 e. The molecule has 0 N–H and O–H groups in total. The van der Waals surface area contributed by atoms with Gasteiger partial charge in [-0.15, -0.1) is 0 Å². The maximum Gasteiger partial charge on any atom is 0.416 e. The van der Waals surface area contributed by atoms with Gasteiger partial charge in [0, 0.05) is 6.07 Å². The van der Waals surface area contributed by atoms with Crippen molar-refractivity contribution in [1.29, 1.82) is 10.5 Å². The average molecular weight is 255 g/mol. The number of rotatable bonds is 2. The molecule has 5 nitrogen and oxygen atoms in total. The molecule has 18 heavy (non-hydrogen) atoms. The Labute approximate surface area is 98.8 Å². The fraction of sp³-hybridized carbons (Fsp3) is 0.200. The van der Waals surface area contributed by atoms with Crippen LogP contribution in [0.3, 0.4) is 0 Å². The minimum Gasteiger partial charge on any atom is -0.258 e. The Morgan fingerprint density at radius 1 is 1.33 bits per heavy atom. The van der Waals surface area contributed by atoms with Crippen LogP contribution in [0.25, 0.3) is 0 Å². The van der Waals surface area contributed by atoms with Crippen LogP contribution in [0.15, 0.2) is 12.1 Å². The number of alkyl halides is 3. The highest BCUT2D eigenvalue weighted by atomic mass is 19.4. The summed E-state index contributed by atoms with van der Waals surface area (Å²) in [6.07, 6.45) is -5.29. The van der Waals surface area contributed by atoms with Crippen LogP contribution in [0.5, 0.6) is 0 Å². The van der Waals surface area contributed by atoms with Crippen molar-refractivity contribution >= 4 is 5.69 Å². The predicted molar refractivity (Wildman–Crippen MR) is 52.1 cm³/mol. The van der Waals surface area contributed by atoms with E-state index in [9.17, 15) is 23.3 Å². The van der Waals surface area contributed by atoms with Crippen molar-refractivity contribution in [3.05, 3.63) is 38.9 Å². The standard InChI is InChI=1S/C10H4F3N3O2/c11-10(12,13)7-3-6(5-15)8(1-2-14)9(4-7)16(17)18/h3-4H,1H2. The van der Waals surface area contributed by atoms with Gasteiger partial charge >= 0.3 is 6.18 Å². The van der Waals surface area contributed by atoms with Crippen LogP contribution in [-0.4, -0.2) is 4.92 Å². The van der Waals surface area contributed by atoms with E-state index in [2.05, 4.69) is 0 Å². The molecule has 92 valence electrons. The number of hydrogen-bond acceptors (Lipinski definition) is 4. The lowest BCUT2D eigenvalue weighted by molar-refractivity contribution is -0.385. The summed E-state index contributed by atoms with van der Waals surface area (Å²) in [6.45, 7) is 0. The zero-order valence-electron chi connectivity index (χ0n) is 8.65. The maximum atomic E-state index is 12.5. The van der Waals surface area contributed by atoms with Gasteiger partial charge in [-0.1, -0.05) is 0 Å². The lowest BCUT2D eigenvalue weighted by Gasteiger charge is -2.09. The fourth-order valence-electron chi connectivity index (χ4n) is 1.35. The van der Waals surface area contributed by atoms with Crippen molar-refractivity contribution in [3.63, 3.8) is 0 Å². The molecule has 0 unspecified atom stereocenters. The largest absolute Gasteiger partial charge is 0.416 e. The Kier molecular flexibility index (Phi) is 3.53. The molecule has 1 aromatic carbocycles. The van der Waals surface area contributed by atoms with Crippen LogP contribution in [0.4, 0.5) is 18.9 Å². The topological polar surface area (TPSA) is 90.7 Å². The summed E-state index contributed by atoms with van der Waals surface area (Å²) in [5, 5.41) is 27.8. The molecule has 0 aromatic heterocycles. The number of benzene rings is 1. The van der Waals surface area contributed by atoms with Crippen molar-refractivity contribution in [3.8, 4) is 12.1 Å². The summed E-state index contributed by atoms with van der Waals surface area (Å²) >= 11 is 0. The molecule has 0 saturated carbocycles. The monoisotopic (exact) mass is 255 g/mol. The Morgan fingerprint density at radius 2 is 1.94 bits per heavy atom. The number of nitro groups is 1. The second-order valence-corrected chi connectivity index (χ2v) is 3.22. The first kappa shape index (κ1) is 13.5. The first-order valence-corrected chi connectivity index (χ1v) is 4.46. The van der Waals surface area contributed by atoms with Gasteiger partial charge in [-0.25, -0.2) is 0 Å². The second-order valence-electron chi connectivity index (χ2n) is 3.22. The van der Waals surface area contributed by atoms with Crippen molar-refractivity contribution in [2.75, 3.05) is 0 Å². The van der Waals surface area contributed by atoms with Crippen molar-refractivity contribution in [1.82, 2.24) is 0 Å². The van der Waals surface area contributed by atoms with E-state index in [4.69, 9.17) is 10.5 Å². The summed E-state index contributed by atoms with van der Waals surface area (Å²) in [4.78, 5) is 9.62. The molecule has 1 rings (SSSR count). The van der Waals surface area contributed by atoms with Gasteiger partial charge in [-0.2, -0.15) is 23.7 Å². The summed E-state index contributed by atoms with van der Waals surface area (Å²) in [5.74, 6) is 0. The van der Waals surface area contributed by atoms with Crippen LogP contribution in [0.1, 0.15) is 16.7 Å². The van der Waals surface area contributed by atoms with Crippen LogP contribution in [0.2, 0.25) is 0 Å². The molecule has 0 saturated heterocycles. The van der Waals surface area contributed by atoms with Gasteiger partial charge in [0.15, 0.2) is 0 Å². The van der Waals surface area contributed by atoms with E-state index in [1.807, 2.05) is 0 Å². The fourth-order valence-corrected chi connectivity index (χ4v) is 1.35. The molecule has 0 fully saturated rings. The van der Waals surface area contributed by atoms with Crippen LogP contribution < -0.4 is 0 Å². The van der Waals surface area contributed by atoms with E-state index in [0.717, 1.165) is 0 Å². The molecule has 0 atom stereocenters. The molecule has 0 spiro atoms. The molecular weight excluding hydrogens is 251 g/mol. The molecule has 0 aliphatic rings. The summed E-state index contributed by atoms with van der Waals surface area (Å²) < 4.78 is 37.4. The van der Waals surface area contributed by atoms with E-state index < -0.39 is 34.3 Å². The quantitative estimate of drug-likeness (QED) is 0.599. The zero-order valence-corrected chi connectivity index (χ0v) is 8.65. The van der Waals surface area contributed by atoms with Crippen LogP contribution in [0, 0.1) is 32.8 Å². The summed E-state index contributed by atoms with van der Waals surface area (Å²) in [5.41, 5.74) is -2.98. The van der Waals surface area contributed by atoms with Gasteiger partial charge in [0.1, 0.15) is 0 Å². The van der Waals surface area contributed by atoms with Crippen molar-refractivity contribution in [2.24, 2.45) is 0 Å². The van der Waals surface area contributed by atoms with Gasteiger partial charge in [0.2, 0.25) is 0 Å². The molecule has 1 aromatic rings. The Balaban J connectivity index is 3.61. The van der Waals surface area contributed by atoms with E-state index in [1.54, 1.807) is 6.07 Å². The average Bonchev–Trinajstić information content (AvgIpc) is 2.27. The van der Waals surface area contributed by atoms with Gasteiger partial charge in [-0.05, 0) is 6.07 Å². The number of halogens is 3. The highest BCUT2D eigenvalue weighted by Crippen LogP contribution is 2.34. The lowest BCUT2D eigenvalue weighted by Crippen LogP contribution is -2.08. The molecule has 8 heteroatoms. The number of nitriles is 2. The van der Waals surface area contributed by atoms with Crippen molar-refractivity contribution in [2.45, 2.75) is 12.6 Å². The first-order chi connectivity index (χ1) is 8.31. The minimum atomic E-state index is -4.79. The highest BCUT2D eigenvalue weighted by molar-refractivity contribution is 5.55. The summed E-state index contributed by atoms with van der Waals surface area (Å²) in [6, 6.07) is 3.83. The number of nitro benzene ring substituents is 1. The Bertz CT molecular complexity index is 582. The van der Waals surface area contributed by atoms with Crippen molar-refractivity contribution < 1.29 is 18.1 Å². The Morgan fingerprint density at radius 3 is 2.33 bits per heavy atom. The van der Waals surface area contributed by atoms with E-state index in [1.165, 1.54) is 6.07 Å². The molecule has 0 heterocycles. The third kappa shape index (κ3) is 2.55. The van der Waals surface area contributed by atoms with Crippen LogP contribution >= 0.6 is 0 Å². The lowest BCUT2D eigenvalue weighted by atomic mass is 10.00. The highest BCUT2D eigenvalue weighted by Gasteiger charge is 2.34. The minimum absolute atomic E-state index is 0.307. The van der Waals surface area contributed by atoms with Crippen LogP contribution in [-0.2, 0) is 12.6 Å². The van der Waals surface area contributed by atoms with Gasteiger partial charge < -0.3 is 0 Å². The SMILES string of the molecule is N#CCc1c(C#N)cc(C(F)(F)F)cc1[N+](=O)[O-]. The third-order valence-corrected chi connectivity index (χ3v) is 2.13. The Hall–Kier alpha value is -2.61. The second kappa shape index (κ2) is 4.72.